The fourth-order valence-electron chi connectivity index (χ4n) is 1.19. The van der Waals surface area contributed by atoms with Gasteiger partial charge >= 0.3 is 0 Å². The van der Waals surface area contributed by atoms with Gasteiger partial charge in [0.15, 0.2) is 5.78 Å². The van der Waals surface area contributed by atoms with Crippen molar-refractivity contribution in [2.75, 3.05) is 18.1 Å². The van der Waals surface area contributed by atoms with Crippen LogP contribution in [0.1, 0.15) is 13.3 Å². The van der Waals surface area contributed by atoms with Gasteiger partial charge in [-0.1, -0.05) is 12.2 Å². The van der Waals surface area contributed by atoms with Gasteiger partial charge in [0.05, 0.1) is 6.04 Å². The lowest BCUT2D eigenvalue weighted by molar-refractivity contribution is -0.119. The lowest BCUT2D eigenvalue weighted by Crippen LogP contribution is -2.43. The van der Waals surface area contributed by atoms with E-state index in [1.165, 1.54) is 0 Å². The second-order valence-corrected chi connectivity index (χ2v) is 4.33. The van der Waals surface area contributed by atoms with E-state index in [2.05, 4.69) is 11.9 Å². The largest absolute Gasteiger partial charge is 0.306 e. The summed E-state index contributed by atoms with van der Waals surface area (Å²) in [4.78, 5) is 11.5. The monoisotopic (exact) mass is 185 g/mol. The van der Waals surface area contributed by atoms with Gasteiger partial charge in [-0.05, 0) is 6.92 Å². The molecule has 0 aromatic carbocycles. The number of thioether (sulfide) groups is 1. The predicted octanol–water partition coefficient (Wildman–Crippen LogP) is 1.23. The van der Waals surface area contributed by atoms with E-state index in [1.54, 1.807) is 0 Å². The molecule has 1 saturated heterocycles. The maximum Gasteiger partial charge on any atom is 0.154 e. The molecule has 12 heavy (non-hydrogen) atoms. The highest BCUT2D eigenvalue weighted by Crippen LogP contribution is 2.11. The standard InChI is InChI=1S/C9H15NOS/c1-7(2)5-9(11)8-6-12-4-3-10-8/h8,10H,1,3-6H2,2H3. The molecule has 0 bridgehead atoms. The fraction of sp³-hybridized carbons (Fsp3) is 0.667. The van der Waals surface area contributed by atoms with Crippen LogP contribution < -0.4 is 5.32 Å². The summed E-state index contributed by atoms with van der Waals surface area (Å²) in [6, 6.07) is 0.0699. The Labute approximate surface area is 77.8 Å². The molecule has 3 heteroatoms. The van der Waals surface area contributed by atoms with E-state index < -0.39 is 0 Å². The fourth-order valence-corrected chi connectivity index (χ4v) is 2.16. The van der Waals surface area contributed by atoms with Crippen LogP contribution in [0.15, 0.2) is 12.2 Å². The molecule has 0 aromatic heterocycles. The van der Waals surface area contributed by atoms with Gasteiger partial charge < -0.3 is 5.32 Å². The lowest BCUT2D eigenvalue weighted by Gasteiger charge is -2.21. The van der Waals surface area contributed by atoms with Crippen molar-refractivity contribution in [2.24, 2.45) is 0 Å². The minimum atomic E-state index is 0.0699. The molecule has 0 amide bonds. The Morgan fingerprint density at radius 1 is 1.75 bits per heavy atom. The SMILES string of the molecule is C=C(C)CC(=O)C1CSCCN1. The van der Waals surface area contributed by atoms with Gasteiger partial charge in [0.1, 0.15) is 0 Å². The quantitative estimate of drug-likeness (QED) is 0.670. The van der Waals surface area contributed by atoms with Gasteiger partial charge in [-0.25, -0.2) is 0 Å². The van der Waals surface area contributed by atoms with Gasteiger partial charge in [-0.2, -0.15) is 11.8 Å². The number of allylic oxidation sites excluding steroid dienone is 1. The third-order valence-electron chi connectivity index (χ3n) is 1.79. The first-order valence-corrected chi connectivity index (χ1v) is 5.34. The number of carbonyl (C=O) groups is 1. The molecule has 68 valence electrons. The maximum atomic E-state index is 11.5. The van der Waals surface area contributed by atoms with Crippen molar-refractivity contribution < 1.29 is 4.79 Å². The average molecular weight is 185 g/mol. The van der Waals surface area contributed by atoms with Crippen LogP contribution in [0, 0.1) is 0 Å². The van der Waals surface area contributed by atoms with E-state index in [0.717, 1.165) is 23.6 Å². The summed E-state index contributed by atoms with van der Waals surface area (Å²) in [6.45, 7) is 6.59. The average Bonchev–Trinajstić information content (AvgIpc) is 2.05. The van der Waals surface area contributed by atoms with Gasteiger partial charge in [0.2, 0.25) is 0 Å². The first kappa shape index (κ1) is 9.81. The van der Waals surface area contributed by atoms with E-state index in [-0.39, 0.29) is 11.8 Å². The van der Waals surface area contributed by atoms with Crippen molar-refractivity contribution in [2.45, 2.75) is 19.4 Å². The Bertz CT molecular complexity index is 185. The minimum absolute atomic E-state index is 0.0699. The first-order chi connectivity index (χ1) is 5.70. The van der Waals surface area contributed by atoms with Crippen molar-refractivity contribution >= 4 is 17.5 Å². The Kier molecular flexibility index (Phi) is 3.82. The van der Waals surface area contributed by atoms with Crippen LogP contribution in [-0.4, -0.2) is 29.9 Å². The van der Waals surface area contributed by atoms with E-state index in [9.17, 15) is 4.79 Å². The second kappa shape index (κ2) is 4.67. The summed E-state index contributed by atoms with van der Waals surface area (Å²) in [5.41, 5.74) is 0.956. The Morgan fingerprint density at radius 2 is 2.50 bits per heavy atom. The summed E-state index contributed by atoms with van der Waals surface area (Å²) in [5.74, 6) is 2.33. The van der Waals surface area contributed by atoms with Crippen LogP contribution in [0.3, 0.4) is 0 Å². The van der Waals surface area contributed by atoms with Crippen LogP contribution in [0.4, 0.5) is 0 Å². The molecule has 1 aliphatic rings. The van der Waals surface area contributed by atoms with Crippen LogP contribution >= 0.6 is 11.8 Å². The minimum Gasteiger partial charge on any atom is -0.306 e. The van der Waals surface area contributed by atoms with E-state index in [0.29, 0.717) is 6.42 Å². The number of hydrogen-bond donors (Lipinski definition) is 1. The van der Waals surface area contributed by atoms with Gasteiger partial charge in [0, 0.05) is 24.5 Å². The molecule has 0 aliphatic carbocycles. The normalized spacial score (nSPS) is 23.6. The molecular weight excluding hydrogens is 170 g/mol. The van der Waals surface area contributed by atoms with Gasteiger partial charge in [-0.15, -0.1) is 0 Å². The van der Waals surface area contributed by atoms with Crippen LogP contribution in [0.5, 0.6) is 0 Å². The topological polar surface area (TPSA) is 29.1 Å². The van der Waals surface area contributed by atoms with Crippen LogP contribution in [0.2, 0.25) is 0 Å². The molecule has 1 fully saturated rings. The van der Waals surface area contributed by atoms with Crippen molar-refractivity contribution in [1.29, 1.82) is 0 Å². The summed E-state index contributed by atoms with van der Waals surface area (Å²) in [5, 5.41) is 3.21. The summed E-state index contributed by atoms with van der Waals surface area (Å²) in [6.07, 6.45) is 0.526. The van der Waals surface area contributed by atoms with E-state index in [4.69, 9.17) is 0 Å². The molecule has 1 unspecified atom stereocenters. The summed E-state index contributed by atoms with van der Waals surface area (Å²) in [7, 11) is 0. The predicted molar refractivity (Wildman–Crippen MR) is 53.6 cm³/mol. The lowest BCUT2D eigenvalue weighted by atomic mass is 10.1. The molecule has 2 nitrogen and oxygen atoms in total. The molecule has 1 rings (SSSR count). The third-order valence-corrected chi connectivity index (χ3v) is 2.85. The molecule has 0 radical (unpaired) electrons. The van der Waals surface area contributed by atoms with Crippen LogP contribution in [-0.2, 0) is 4.79 Å². The molecular formula is C9H15NOS. The molecule has 1 N–H and O–H groups in total. The Morgan fingerprint density at radius 3 is 3.00 bits per heavy atom. The highest BCUT2D eigenvalue weighted by Gasteiger charge is 2.19. The molecule has 0 aromatic rings. The second-order valence-electron chi connectivity index (χ2n) is 3.18. The zero-order valence-electron chi connectivity index (χ0n) is 7.43. The zero-order chi connectivity index (χ0) is 8.97. The number of nitrogens with one attached hydrogen (secondary N) is 1. The molecule has 0 spiro atoms. The molecule has 1 atom stereocenters. The number of Topliss-reactive ketones (excluding diaryl/α,β-unsaturated/α-hetero) is 1. The highest BCUT2D eigenvalue weighted by molar-refractivity contribution is 7.99. The van der Waals surface area contributed by atoms with Gasteiger partial charge in [0.25, 0.3) is 0 Å². The van der Waals surface area contributed by atoms with Gasteiger partial charge in [-0.3, -0.25) is 4.79 Å². The summed E-state index contributed by atoms with van der Waals surface area (Å²) < 4.78 is 0. The number of ketones is 1. The number of rotatable bonds is 3. The Balaban J connectivity index is 2.34. The molecule has 1 heterocycles. The molecule has 1 aliphatic heterocycles. The van der Waals surface area contributed by atoms with Crippen molar-refractivity contribution in [3.8, 4) is 0 Å². The van der Waals surface area contributed by atoms with Crippen molar-refractivity contribution in [1.82, 2.24) is 5.32 Å². The number of carbonyl (C=O) groups excluding carboxylic acids is 1. The summed E-state index contributed by atoms with van der Waals surface area (Å²) >= 11 is 1.85. The highest BCUT2D eigenvalue weighted by atomic mass is 32.2. The van der Waals surface area contributed by atoms with E-state index in [1.807, 2.05) is 18.7 Å². The Hall–Kier alpha value is -0.280. The van der Waals surface area contributed by atoms with Crippen molar-refractivity contribution in [3.05, 3.63) is 12.2 Å². The molecule has 0 saturated carbocycles. The third kappa shape index (κ3) is 2.99. The zero-order valence-corrected chi connectivity index (χ0v) is 8.25. The van der Waals surface area contributed by atoms with Crippen LogP contribution in [0.25, 0.3) is 0 Å². The van der Waals surface area contributed by atoms with E-state index >= 15 is 0 Å². The number of hydrogen-bond acceptors (Lipinski definition) is 3. The maximum absolute atomic E-state index is 11.5. The first-order valence-electron chi connectivity index (χ1n) is 4.18. The smallest absolute Gasteiger partial charge is 0.154 e. The van der Waals surface area contributed by atoms with Crippen molar-refractivity contribution in [3.63, 3.8) is 0 Å².